The van der Waals surface area contributed by atoms with Crippen LogP contribution in [0.2, 0.25) is 0 Å². The van der Waals surface area contributed by atoms with Gasteiger partial charge in [-0.25, -0.2) is 15.0 Å². The number of hydrogen-bond donors (Lipinski definition) is 2. The van der Waals surface area contributed by atoms with Crippen molar-refractivity contribution in [3.8, 4) is 17.3 Å². The number of pyridine rings is 1. The number of ether oxygens (including phenoxy) is 1. The second-order valence-corrected chi connectivity index (χ2v) is 5.77. The molecule has 1 fully saturated rings. The molecule has 1 aliphatic heterocycles. The maximum atomic E-state index is 5.49. The summed E-state index contributed by atoms with van der Waals surface area (Å²) in [6.45, 7) is 4.55. The van der Waals surface area contributed by atoms with E-state index in [1.165, 1.54) is 0 Å². The van der Waals surface area contributed by atoms with Crippen LogP contribution in [0.15, 0.2) is 36.8 Å². The third-order valence-corrected chi connectivity index (χ3v) is 4.09. The molecule has 124 valence electrons. The summed E-state index contributed by atoms with van der Waals surface area (Å²) in [5, 5.41) is 6.83. The van der Waals surface area contributed by atoms with E-state index >= 15 is 0 Å². The van der Waals surface area contributed by atoms with E-state index in [1.54, 1.807) is 6.20 Å². The molecule has 3 aromatic rings. The van der Waals surface area contributed by atoms with Crippen LogP contribution in [0.4, 0.5) is 5.82 Å². The van der Waals surface area contributed by atoms with Crippen LogP contribution < -0.4 is 15.4 Å². The number of aromatic nitrogens is 4. The molecule has 0 radical (unpaired) electrons. The summed E-state index contributed by atoms with van der Waals surface area (Å²) in [5.41, 5.74) is 2.56. The first-order valence-corrected chi connectivity index (χ1v) is 8.24. The number of nitrogens with one attached hydrogen (secondary N) is 2. The van der Waals surface area contributed by atoms with Crippen molar-refractivity contribution in [1.29, 1.82) is 0 Å². The van der Waals surface area contributed by atoms with Gasteiger partial charge in [-0.05, 0) is 32.0 Å². The van der Waals surface area contributed by atoms with Crippen LogP contribution in [-0.2, 0) is 0 Å². The van der Waals surface area contributed by atoms with Crippen LogP contribution in [-0.4, -0.2) is 45.1 Å². The zero-order valence-electron chi connectivity index (χ0n) is 13.6. The molecule has 7 nitrogen and oxygen atoms in total. The van der Waals surface area contributed by atoms with Crippen LogP contribution in [0.1, 0.15) is 13.3 Å². The van der Waals surface area contributed by atoms with E-state index in [1.807, 2.05) is 41.9 Å². The molecule has 0 saturated carbocycles. The summed E-state index contributed by atoms with van der Waals surface area (Å²) in [4.78, 5) is 13.4. The standard InChI is InChI=1S/C17H20N6O/c1-2-24-17-11-23-14(9-19-16(23)10-20-17)13-4-3-5-15(22-13)21-12-6-7-18-8-12/h3-5,9-12,18H,2,6-8H2,1H3,(H,21,22)/t12-/m1/s1. The largest absolute Gasteiger partial charge is 0.477 e. The molecular weight excluding hydrogens is 304 g/mol. The summed E-state index contributed by atoms with van der Waals surface area (Å²) < 4.78 is 7.45. The molecule has 7 heteroatoms. The first-order valence-electron chi connectivity index (χ1n) is 8.24. The molecule has 4 rings (SSSR count). The highest BCUT2D eigenvalue weighted by atomic mass is 16.5. The van der Waals surface area contributed by atoms with Crippen LogP contribution in [0.5, 0.6) is 5.88 Å². The molecule has 1 aliphatic rings. The smallest absolute Gasteiger partial charge is 0.230 e. The quantitative estimate of drug-likeness (QED) is 0.747. The summed E-state index contributed by atoms with van der Waals surface area (Å²) in [5.74, 6) is 1.46. The number of nitrogens with zero attached hydrogens (tertiary/aromatic N) is 4. The third-order valence-electron chi connectivity index (χ3n) is 4.09. The molecule has 4 heterocycles. The molecule has 24 heavy (non-hydrogen) atoms. The second-order valence-electron chi connectivity index (χ2n) is 5.77. The first-order chi connectivity index (χ1) is 11.8. The maximum absolute atomic E-state index is 5.49. The zero-order chi connectivity index (χ0) is 16.4. The van der Waals surface area contributed by atoms with E-state index in [0.29, 0.717) is 18.5 Å². The van der Waals surface area contributed by atoms with Gasteiger partial charge < -0.3 is 15.4 Å². The molecule has 0 spiro atoms. The molecule has 0 aliphatic carbocycles. The van der Waals surface area contributed by atoms with Gasteiger partial charge in [0.2, 0.25) is 5.88 Å². The third kappa shape index (κ3) is 2.90. The Hall–Kier alpha value is -2.67. The van der Waals surface area contributed by atoms with Crippen LogP contribution in [0, 0.1) is 0 Å². The van der Waals surface area contributed by atoms with Gasteiger partial charge in [0.25, 0.3) is 0 Å². The van der Waals surface area contributed by atoms with E-state index in [2.05, 4.69) is 20.6 Å². The minimum atomic E-state index is 0.434. The molecule has 0 amide bonds. The maximum Gasteiger partial charge on any atom is 0.230 e. The van der Waals surface area contributed by atoms with Gasteiger partial charge in [-0.2, -0.15) is 0 Å². The number of fused-ring (bicyclic) bond motifs is 1. The number of hydrogen-bond acceptors (Lipinski definition) is 6. The Kier molecular flexibility index (Phi) is 4.00. The van der Waals surface area contributed by atoms with Crippen LogP contribution in [0.25, 0.3) is 17.0 Å². The highest BCUT2D eigenvalue weighted by Crippen LogP contribution is 2.22. The molecule has 2 N–H and O–H groups in total. The predicted molar refractivity (Wildman–Crippen MR) is 92.3 cm³/mol. The molecule has 0 aromatic carbocycles. The molecule has 0 unspecified atom stereocenters. The molecular formula is C17H20N6O. The van der Waals surface area contributed by atoms with Crippen LogP contribution in [0.3, 0.4) is 0 Å². The highest BCUT2D eigenvalue weighted by molar-refractivity contribution is 5.61. The Morgan fingerprint density at radius 1 is 1.33 bits per heavy atom. The summed E-state index contributed by atoms with van der Waals surface area (Å²) >= 11 is 0. The number of anilines is 1. The van der Waals surface area contributed by atoms with Gasteiger partial charge in [-0.15, -0.1) is 0 Å². The number of imidazole rings is 1. The fourth-order valence-electron chi connectivity index (χ4n) is 2.93. The van der Waals surface area contributed by atoms with Crippen molar-refractivity contribution in [3.05, 3.63) is 36.8 Å². The Bertz CT molecular complexity index is 840. The van der Waals surface area contributed by atoms with Crippen molar-refractivity contribution in [2.75, 3.05) is 25.0 Å². The lowest BCUT2D eigenvalue weighted by molar-refractivity contribution is 0.325. The van der Waals surface area contributed by atoms with E-state index in [0.717, 1.165) is 42.4 Å². The fraction of sp³-hybridized carbons (Fsp3) is 0.353. The van der Waals surface area contributed by atoms with Gasteiger partial charge in [0.05, 0.1) is 36.6 Å². The Morgan fingerprint density at radius 2 is 2.29 bits per heavy atom. The summed E-state index contributed by atoms with van der Waals surface area (Å²) in [7, 11) is 0. The minimum absolute atomic E-state index is 0.434. The monoisotopic (exact) mass is 324 g/mol. The Morgan fingerprint density at radius 3 is 3.12 bits per heavy atom. The van der Waals surface area contributed by atoms with Gasteiger partial charge in [0, 0.05) is 12.6 Å². The molecule has 1 saturated heterocycles. The Labute approximate surface area is 140 Å². The summed E-state index contributed by atoms with van der Waals surface area (Å²) in [6.07, 6.45) is 6.49. The van der Waals surface area contributed by atoms with Gasteiger partial charge in [-0.1, -0.05) is 6.07 Å². The minimum Gasteiger partial charge on any atom is -0.477 e. The summed E-state index contributed by atoms with van der Waals surface area (Å²) in [6, 6.07) is 6.43. The van der Waals surface area contributed by atoms with Crippen molar-refractivity contribution in [2.24, 2.45) is 0 Å². The van der Waals surface area contributed by atoms with Crippen molar-refractivity contribution < 1.29 is 4.74 Å². The second kappa shape index (κ2) is 6.45. The molecule has 1 atom stereocenters. The number of rotatable bonds is 5. The SMILES string of the molecule is CCOc1cn2c(-c3cccc(N[C@@H]4CCNC4)n3)cnc2cn1. The van der Waals surface area contributed by atoms with Gasteiger partial charge in [-0.3, -0.25) is 4.40 Å². The van der Waals surface area contributed by atoms with Crippen molar-refractivity contribution >= 4 is 11.5 Å². The zero-order valence-corrected chi connectivity index (χ0v) is 13.6. The first kappa shape index (κ1) is 14.9. The highest BCUT2D eigenvalue weighted by Gasteiger charge is 2.15. The van der Waals surface area contributed by atoms with Gasteiger partial charge >= 0.3 is 0 Å². The lowest BCUT2D eigenvalue weighted by Crippen LogP contribution is -2.22. The van der Waals surface area contributed by atoms with E-state index in [4.69, 9.17) is 9.72 Å². The van der Waals surface area contributed by atoms with E-state index < -0.39 is 0 Å². The normalized spacial score (nSPS) is 17.3. The Balaban J connectivity index is 1.67. The fourth-order valence-corrected chi connectivity index (χ4v) is 2.93. The van der Waals surface area contributed by atoms with E-state index in [9.17, 15) is 0 Å². The average Bonchev–Trinajstić information content (AvgIpc) is 3.24. The average molecular weight is 324 g/mol. The lowest BCUT2D eigenvalue weighted by Gasteiger charge is -2.12. The lowest BCUT2D eigenvalue weighted by atomic mass is 10.2. The van der Waals surface area contributed by atoms with Gasteiger partial charge in [0.15, 0.2) is 5.65 Å². The molecule has 0 bridgehead atoms. The van der Waals surface area contributed by atoms with Crippen molar-refractivity contribution in [1.82, 2.24) is 24.7 Å². The van der Waals surface area contributed by atoms with E-state index in [-0.39, 0.29) is 0 Å². The topological polar surface area (TPSA) is 76.4 Å². The van der Waals surface area contributed by atoms with Gasteiger partial charge in [0.1, 0.15) is 5.82 Å². The molecule has 3 aromatic heterocycles. The predicted octanol–water partition coefficient (Wildman–Crippen LogP) is 1.96. The van der Waals surface area contributed by atoms with Crippen molar-refractivity contribution in [3.63, 3.8) is 0 Å². The van der Waals surface area contributed by atoms with Crippen molar-refractivity contribution in [2.45, 2.75) is 19.4 Å². The van der Waals surface area contributed by atoms with Crippen LogP contribution >= 0.6 is 0 Å².